The summed E-state index contributed by atoms with van der Waals surface area (Å²) in [5.41, 5.74) is 5.51. The smallest absolute Gasteiger partial charge is 0.0507 e. The van der Waals surface area contributed by atoms with Crippen molar-refractivity contribution in [3.05, 3.63) is 0 Å². The summed E-state index contributed by atoms with van der Waals surface area (Å²) < 4.78 is 0. The molecule has 4 nitrogen and oxygen atoms in total. The molecule has 1 aliphatic rings. The number of rotatable bonds is 6. The van der Waals surface area contributed by atoms with Gasteiger partial charge in [-0.25, -0.2) is 0 Å². The van der Waals surface area contributed by atoms with Crippen molar-refractivity contribution >= 4 is 0 Å². The molecule has 0 aliphatic carbocycles. The molecule has 78 valence electrons. The van der Waals surface area contributed by atoms with E-state index in [4.69, 9.17) is 5.73 Å². The molecular weight excluding hydrogens is 164 g/mol. The summed E-state index contributed by atoms with van der Waals surface area (Å²) in [5, 5.41) is 3.17. The summed E-state index contributed by atoms with van der Waals surface area (Å²) in [4.78, 5) is 4.91. The van der Waals surface area contributed by atoms with Gasteiger partial charge in [-0.15, -0.1) is 0 Å². The standard InChI is InChI=1S/C9H22N4/c1-11-4-2-5-12-7-8-13(9-12)6-3-10/h11H,2-10H2,1H3. The van der Waals surface area contributed by atoms with Crippen LogP contribution in [0.2, 0.25) is 0 Å². The molecule has 3 N–H and O–H groups in total. The topological polar surface area (TPSA) is 44.5 Å². The minimum absolute atomic E-state index is 0.782. The first-order chi connectivity index (χ1) is 6.36. The summed E-state index contributed by atoms with van der Waals surface area (Å²) in [5.74, 6) is 0. The van der Waals surface area contributed by atoms with Gasteiger partial charge >= 0.3 is 0 Å². The van der Waals surface area contributed by atoms with Crippen LogP contribution in [0.1, 0.15) is 6.42 Å². The number of hydrogen-bond donors (Lipinski definition) is 2. The minimum atomic E-state index is 0.782. The van der Waals surface area contributed by atoms with Gasteiger partial charge in [0, 0.05) is 32.7 Å². The highest BCUT2D eigenvalue weighted by Crippen LogP contribution is 2.03. The van der Waals surface area contributed by atoms with Crippen LogP contribution in [0, 0.1) is 0 Å². The quantitative estimate of drug-likeness (QED) is 0.529. The first kappa shape index (κ1) is 10.9. The van der Waals surface area contributed by atoms with E-state index in [0.29, 0.717) is 0 Å². The maximum Gasteiger partial charge on any atom is 0.0507 e. The first-order valence-corrected chi connectivity index (χ1v) is 5.16. The Morgan fingerprint density at radius 2 is 1.92 bits per heavy atom. The average molecular weight is 186 g/mol. The number of nitrogens with zero attached hydrogens (tertiary/aromatic N) is 2. The van der Waals surface area contributed by atoms with Crippen LogP contribution in [0.5, 0.6) is 0 Å². The zero-order chi connectivity index (χ0) is 9.52. The lowest BCUT2D eigenvalue weighted by Gasteiger charge is -2.16. The Hall–Kier alpha value is -0.160. The van der Waals surface area contributed by atoms with Crippen LogP contribution in [-0.2, 0) is 0 Å². The number of nitrogens with two attached hydrogens (primary N) is 1. The Balaban J connectivity index is 2.03. The molecule has 4 heteroatoms. The van der Waals surface area contributed by atoms with Crippen LogP contribution in [-0.4, -0.2) is 62.8 Å². The Morgan fingerprint density at radius 1 is 1.23 bits per heavy atom. The van der Waals surface area contributed by atoms with Gasteiger partial charge in [-0.3, -0.25) is 9.80 Å². The van der Waals surface area contributed by atoms with Crippen molar-refractivity contribution in [2.24, 2.45) is 5.73 Å². The second kappa shape index (κ2) is 6.32. The fourth-order valence-electron chi connectivity index (χ4n) is 1.73. The molecule has 0 atom stereocenters. The Morgan fingerprint density at radius 3 is 2.54 bits per heavy atom. The van der Waals surface area contributed by atoms with Crippen LogP contribution in [0.15, 0.2) is 0 Å². The molecule has 0 spiro atoms. The van der Waals surface area contributed by atoms with E-state index in [2.05, 4.69) is 15.1 Å². The molecule has 0 radical (unpaired) electrons. The predicted molar refractivity (Wildman–Crippen MR) is 55.6 cm³/mol. The molecule has 0 aromatic heterocycles. The molecular formula is C9H22N4. The van der Waals surface area contributed by atoms with Crippen molar-refractivity contribution in [3.8, 4) is 0 Å². The average Bonchev–Trinajstić information content (AvgIpc) is 2.54. The van der Waals surface area contributed by atoms with Gasteiger partial charge < -0.3 is 11.1 Å². The Labute approximate surface area is 81.1 Å². The number of nitrogens with one attached hydrogen (secondary N) is 1. The third-order valence-electron chi connectivity index (χ3n) is 2.48. The maximum absolute atomic E-state index is 5.51. The van der Waals surface area contributed by atoms with Crippen molar-refractivity contribution in [2.45, 2.75) is 6.42 Å². The van der Waals surface area contributed by atoms with Crippen molar-refractivity contribution in [2.75, 3.05) is 53.0 Å². The molecule has 0 amide bonds. The lowest BCUT2D eigenvalue weighted by atomic mass is 10.4. The van der Waals surface area contributed by atoms with E-state index in [-0.39, 0.29) is 0 Å². The summed E-state index contributed by atoms with van der Waals surface area (Å²) in [7, 11) is 2.00. The van der Waals surface area contributed by atoms with E-state index in [9.17, 15) is 0 Å². The van der Waals surface area contributed by atoms with Gasteiger partial charge in [-0.05, 0) is 20.0 Å². The molecule has 1 saturated heterocycles. The minimum Gasteiger partial charge on any atom is -0.329 e. The maximum atomic E-state index is 5.51. The van der Waals surface area contributed by atoms with Crippen LogP contribution < -0.4 is 11.1 Å². The third kappa shape index (κ3) is 4.04. The molecule has 0 bridgehead atoms. The largest absolute Gasteiger partial charge is 0.329 e. The summed E-state index contributed by atoms with van der Waals surface area (Å²) in [6.45, 7) is 7.67. The van der Waals surface area contributed by atoms with E-state index in [1.54, 1.807) is 0 Å². The van der Waals surface area contributed by atoms with Gasteiger partial charge in [0.2, 0.25) is 0 Å². The van der Waals surface area contributed by atoms with Gasteiger partial charge in [0.25, 0.3) is 0 Å². The molecule has 1 fully saturated rings. The van der Waals surface area contributed by atoms with Gasteiger partial charge in [0.15, 0.2) is 0 Å². The normalized spacial score (nSPS) is 19.8. The molecule has 13 heavy (non-hydrogen) atoms. The highest BCUT2D eigenvalue weighted by molar-refractivity contribution is 4.71. The fraction of sp³-hybridized carbons (Fsp3) is 1.00. The zero-order valence-corrected chi connectivity index (χ0v) is 8.63. The second-order valence-corrected chi connectivity index (χ2v) is 3.62. The first-order valence-electron chi connectivity index (χ1n) is 5.16. The van der Waals surface area contributed by atoms with E-state index >= 15 is 0 Å². The van der Waals surface area contributed by atoms with Gasteiger partial charge in [0.1, 0.15) is 0 Å². The summed E-state index contributed by atoms with van der Waals surface area (Å²) in [6.07, 6.45) is 1.24. The summed E-state index contributed by atoms with van der Waals surface area (Å²) in [6, 6.07) is 0. The predicted octanol–water partition coefficient (Wildman–Crippen LogP) is -0.870. The third-order valence-corrected chi connectivity index (χ3v) is 2.48. The fourth-order valence-corrected chi connectivity index (χ4v) is 1.73. The van der Waals surface area contributed by atoms with Crippen molar-refractivity contribution in [3.63, 3.8) is 0 Å². The van der Waals surface area contributed by atoms with Crippen molar-refractivity contribution in [1.29, 1.82) is 0 Å². The lowest BCUT2D eigenvalue weighted by molar-refractivity contribution is 0.248. The second-order valence-electron chi connectivity index (χ2n) is 3.62. The Kier molecular flexibility index (Phi) is 5.31. The van der Waals surface area contributed by atoms with Crippen LogP contribution >= 0.6 is 0 Å². The highest BCUT2D eigenvalue weighted by Gasteiger charge is 2.17. The van der Waals surface area contributed by atoms with E-state index in [1.807, 2.05) is 7.05 Å². The molecule has 1 heterocycles. The van der Waals surface area contributed by atoms with Gasteiger partial charge in [-0.1, -0.05) is 0 Å². The molecule has 0 saturated carbocycles. The van der Waals surface area contributed by atoms with Gasteiger partial charge in [-0.2, -0.15) is 0 Å². The molecule has 1 aliphatic heterocycles. The van der Waals surface area contributed by atoms with Crippen LogP contribution in [0.4, 0.5) is 0 Å². The Bertz CT molecular complexity index is 129. The molecule has 1 rings (SSSR count). The lowest BCUT2D eigenvalue weighted by Crippen LogP contribution is -2.30. The van der Waals surface area contributed by atoms with Crippen molar-refractivity contribution in [1.82, 2.24) is 15.1 Å². The van der Waals surface area contributed by atoms with Crippen LogP contribution in [0.25, 0.3) is 0 Å². The van der Waals surface area contributed by atoms with E-state index in [0.717, 1.165) is 26.3 Å². The van der Waals surface area contributed by atoms with E-state index < -0.39 is 0 Å². The number of hydrogen-bond acceptors (Lipinski definition) is 4. The monoisotopic (exact) mass is 186 g/mol. The highest BCUT2D eigenvalue weighted by atomic mass is 15.4. The summed E-state index contributed by atoms with van der Waals surface area (Å²) >= 11 is 0. The molecule has 0 aromatic carbocycles. The van der Waals surface area contributed by atoms with Gasteiger partial charge in [0.05, 0.1) is 6.67 Å². The molecule has 0 aromatic rings. The SMILES string of the molecule is CNCCCN1CCN(CCN)C1. The van der Waals surface area contributed by atoms with E-state index in [1.165, 1.54) is 26.1 Å². The zero-order valence-electron chi connectivity index (χ0n) is 8.63. The van der Waals surface area contributed by atoms with Crippen LogP contribution in [0.3, 0.4) is 0 Å². The van der Waals surface area contributed by atoms with Crippen molar-refractivity contribution < 1.29 is 0 Å². The molecule has 0 unspecified atom stereocenters.